The first-order chi connectivity index (χ1) is 37.0. The summed E-state index contributed by atoms with van der Waals surface area (Å²) in [5.41, 5.74) is 0. The van der Waals surface area contributed by atoms with Gasteiger partial charge in [0.15, 0.2) is 0 Å². The molecular weight excluding hydrogens is 1220 g/mol. The van der Waals surface area contributed by atoms with Crippen LogP contribution in [0.1, 0.15) is 316 Å². The largest absolute Gasteiger partial charge is 0.481 e. The van der Waals surface area contributed by atoms with E-state index in [0.29, 0.717) is 98.7 Å². The zero-order valence-electron chi connectivity index (χ0n) is 54.9. The van der Waals surface area contributed by atoms with Crippen molar-refractivity contribution in [3.63, 3.8) is 0 Å². The zero-order valence-corrected chi connectivity index (χ0v) is 58.9. The summed E-state index contributed by atoms with van der Waals surface area (Å²) in [4.78, 5) is 80.4. The van der Waals surface area contributed by atoms with Gasteiger partial charge in [0.05, 0.1) is 0 Å². The van der Waals surface area contributed by atoms with E-state index in [-0.39, 0.29) is 42.1 Å². The molecule has 0 aliphatic heterocycles. The molecule has 0 spiro atoms. The number of hydrogen-bond acceptors (Lipinski definition) is 8. The van der Waals surface area contributed by atoms with Gasteiger partial charge < -0.3 is 40.9 Å². The third kappa shape index (κ3) is 158. The predicted molar refractivity (Wildman–Crippen MR) is 328 cm³/mol. The van der Waals surface area contributed by atoms with Gasteiger partial charge in [-0.05, 0) is 98.7 Å². The standard InChI is InChI=1S/8C8H16O2.2Mo/c8*1-7(2)5-3-4-6-8(9)10;;/h8*7H,3-6H2,1-2H3,(H,9,10);;. The fourth-order valence-electron chi connectivity index (χ4n) is 6.63. The Kier molecular flexibility index (Phi) is 96.3. The molecule has 0 aliphatic carbocycles. The van der Waals surface area contributed by atoms with Crippen LogP contribution >= 0.6 is 0 Å². The number of unbranched alkanes of at least 4 members (excludes halogenated alkanes) is 8. The zero-order chi connectivity index (χ0) is 63.9. The Labute approximate surface area is 529 Å². The monoisotopic (exact) mass is 1350 g/mol. The molecule has 82 heavy (non-hydrogen) atoms. The Morgan fingerprint density at radius 2 is 0.256 bits per heavy atom. The summed E-state index contributed by atoms with van der Waals surface area (Å²) < 4.78 is 0. The van der Waals surface area contributed by atoms with Crippen molar-refractivity contribution in [3.8, 4) is 0 Å². The third-order valence-corrected chi connectivity index (χ3v) is 11.4. The van der Waals surface area contributed by atoms with E-state index in [0.717, 1.165) is 154 Å². The van der Waals surface area contributed by atoms with Gasteiger partial charge in [-0.25, -0.2) is 0 Å². The third-order valence-electron chi connectivity index (χ3n) is 11.4. The molecule has 0 fully saturated rings. The molecule has 0 saturated heterocycles. The summed E-state index contributed by atoms with van der Waals surface area (Å²) >= 11 is 0. The number of aliphatic carboxylic acids is 8. The summed E-state index contributed by atoms with van der Waals surface area (Å²) in [7, 11) is 0. The smallest absolute Gasteiger partial charge is 0.303 e. The molecule has 0 aromatic carbocycles. The minimum absolute atomic E-state index is 0. The molecule has 0 aromatic rings. The Morgan fingerprint density at radius 1 is 0.183 bits per heavy atom. The second-order valence-electron chi connectivity index (χ2n) is 24.3. The van der Waals surface area contributed by atoms with Crippen molar-refractivity contribution in [1.29, 1.82) is 0 Å². The van der Waals surface area contributed by atoms with Gasteiger partial charge in [0, 0.05) is 93.5 Å². The molecule has 0 bridgehead atoms. The number of carboxylic acids is 8. The summed E-state index contributed by atoms with van der Waals surface area (Å²) in [6.45, 7) is 34.5. The molecule has 0 atom stereocenters. The summed E-state index contributed by atoms with van der Waals surface area (Å²) in [6.07, 6.45) is 26.8. The van der Waals surface area contributed by atoms with Gasteiger partial charge in [0.2, 0.25) is 0 Å². The minimum atomic E-state index is -0.677. The first-order valence-corrected chi connectivity index (χ1v) is 30.8. The van der Waals surface area contributed by atoms with Gasteiger partial charge in [-0.2, -0.15) is 0 Å². The van der Waals surface area contributed by atoms with Crippen molar-refractivity contribution >= 4 is 47.8 Å². The molecule has 8 N–H and O–H groups in total. The van der Waals surface area contributed by atoms with Crippen LogP contribution in [0.5, 0.6) is 0 Å². The predicted octanol–water partition coefficient (Wildman–Crippen LogP) is 18.3. The van der Waals surface area contributed by atoms with Crippen LogP contribution in [-0.2, 0) is 80.5 Å². The fourth-order valence-corrected chi connectivity index (χ4v) is 6.63. The van der Waals surface area contributed by atoms with E-state index in [9.17, 15) is 38.4 Å². The van der Waals surface area contributed by atoms with Crippen LogP contribution in [0.15, 0.2) is 0 Å². The van der Waals surface area contributed by atoms with Gasteiger partial charge in [-0.1, -0.05) is 214 Å². The van der Waals surface area contributed by atoms with Gasteiger partial charge in [0.25, 0.3) is 0 Å². The first-order valence-electron chi connectivity index (χ1n) is 30.8. The first kappa shape index (κ1) is 101. The van der Waals surface area contributed by atoms with E-state index < -0.39 is 47.8 Å². The van der Waals surface area contributed by atoms with Crippen LogP contribution in [0.3, 0.4) is 0 Å². The number of carboxylic acid groups (broad SMARTS) is 8. The normalized spacial score (nSPS) is 10.0. The summed E-state index contributed by atoms with van der Waals surface area (Å²) in [6, 6.07) is 0. The number of carbonyl (C=O) groups is 8. The number of hydrogen-bond donors (Lipinski definition) is 8. The van der Waals surface area contributed by atoms with Crippen LogP contribution in [0.4, 0.5) is 0 Å². The van der Waals surface area contributed by atoms with Crippen LogP contribution < -0.4 is 0 Å². The maximum Gasteiger partial charge on any atom is 0.303 e. The number of rotatable bonds is 40. The Morgan fingerprint density at radius 3 is 0.305 bits per heavy atom. The molecule has 0 radical (unpaired) electrons. The van der Waals surface area contributed by atoms with E-state index in [4.69, 9.17) is 40.9 Å². The van der Waals surface area contributed by atoms with E-state index in [1.54, 1.807) is 0 Å². The molecule has 0 unspecified atom stereocenters. The minimum Gasteiger partial charge on any atom is -0.481 e. The van der Waals surface area contributed by atoms with Crippen LogP contribution in [0.2, 0.25) is 0 Å². The van der Waals surface area contributed by atoms with E-state index in [1.165, 1.54) is 0 Å². The molecule has 0 heterocycles. The second-order valence-corrected chi connectivity index (χ2v) is 24.3. The van der Waals surface area contributed by atoms with Crippen molar-refractivity contribution in [1.82, 2.24) is 0 Å². The molecule has 0 aromatic heterocycles. The van der Waals surface area contributed by atoms with Crippen LogP contribution in [0, 0.1) is 47.3 Å². The van der Waals surface area contributed by atoms with Gasteiger partial charge in [-0.15, -0.1) is 0 Å². The molecule has 492 valence electrons. The Bertz CT molecular complexity index is 1110. The molecule has 16 nitrogen and oxygen atoms in total. The summed E-state index contributed by atoms with van der Waals surface area (Å²) in [5.74, 6) is 0.204. The van der Waals surface area contributed by atoms with E-state index >= 15 is 0 Å². The Balaban J connectivity index is -0.0000000900. The molecular formula is C64H128Mo2O16. The second kappa shape index (κ2) is 78.1. The van der Waals surface area contributed by atoms with Crippen molar-refractivity contribution < 1.29 is 121 Å². The SMILES string of the molecule is CC(C)CCCCC(=O)O.CC(C)CCCCC(=O)O.CC(C)CCCCC(=O)O.CC(C)CCCCC(=O)O.CC(C)CCCCC(=O)O.CC(C)CCCCC(=O)O.CC(C)CCCCC(=O)O.CC(C)CCCCC(=O)O.[Mo].[Mo]. The maximum atomic E-state index is 10.0. The maximum absolute atomic E-state index is 10.0. The van der Waals surface area contributed by atoms with Gasteiger partial charge in [0.1, 0.15) is 0 Å². The average Bonchev–Trinajstić information content (AvgIpc) is 3.31. The topological polar surface area (TPSA) is 298 Å². The molecule has 0 aliphatic rings. The Hall–Kier alpha value is -2.86. The van der Waals surface area contributed by atoms with Crippen molar-refractivity contribution in [2.75, 3.05) is 0 Å². The van der Waals surface area contributed by atoms with Crippen LogP contribution in [0.25, 0.3) is 0 Å². The molecule has 18 heteroatoms. The van der Waals surface area contributed by atoms with Crippen LogP contribution in [-0.4, -0.2) is 88.6 Å². The van der Waals surface area contributed by atoms with E-state index in [2.05, 4.69) is 111 Å². The summed E-state index contributed by atoms with van der Waals surface area (Å²) in [5, 5.41) is 66.2. The quantitative estimate of drug-likeness (QED) is 0.0209. The molecule has 0 rings (SSSR count). The van der Waals surface area contributed by atoms with Crippen molar-refractivity contribution in [2.24, 2.45) is 47.3 Å². The molecule has 0 amide bonds. The average molecular weight is 1350 g/mol. The van der Waals surface area contributed by atoms with Gasteiger partial charge >= 0.3 is 47.8 Å². The van der Waals surface area contributed by atoms with Crippen molar-refractivity contribution in [3.05, 3.63) is 0 Å². The van der Waals surface area contributed by atoms with E-state index in [1.807, 2.05) is 0 Å². The fraction of sp³-hybridized carbons (Fsp3) is 0.875. The van der Waals surface area contributed by atoms with Gasteiger partial charge in [-0.3, -0.25) is 38.4 Å². The van der Waals surface area contributed by atoms with Crippen molar-refractivity contribution in [2.45, 2.75) is 316 Å². The molecule has 0 saturated carbocycles.